The van der Waals surface area contributed by atoms with E-state index in [0.29, 0.717) is 11.3 Å². The van der Waals surface area contributed by atoms with E-state index in [1.165, 1.54) is 13.3 Å². The number of amides is 1. The van der Waals surface area contributed by atoms with Crippen molar-refractivity contribution in [3.05, 3.63) is 47.9 Å². The molecule has 0 saturated carbocycles. The Morgan fingerprint density at radius 3 is 2.50 bits per heavy atom. The lowest BCUT2D eigenvalue weighted by Crippen LogP contribution is -2.23. The van der Waals surface area contributed by atoms with E-state index in [0.717, 1.165) is 18.9 Å². The van der Waals surface area contributed by atoms with Gasteiger partial charge in [-0.05, 0) is 32.0 Å². The number of ether oxygens (including phenoxy) is 1. The maximum atomic E-state index is 12.2. The third-order valence-electron chi connectivity index (χ3n) is 3.50. The standard InChI is InChI=1S/C17H20N4O3/c1-4-21(5-2)15-11-18-14(10-19-15)16(22)20-13-8-6-7-12(9-13)17(23)24-3/h6-11H,4-5H2,1-3H3,(H,20,22). The first-order valence-electron chi connectivity index (χ1n) is 7.65. The molecular weight excluding hydrogens is 308 g/mol. The van der Waals surface area contributed by atoms with E-state index in [-0.39, 0.29) is 5.69 Å². The number of methoxy groups -OCH3 is 1. The molecule has 1 amide bonds. The second-order valence-electron chi connectivity index (χ2n) is 4.96. The van der Waals surface area contributed by atoms with E-state index < -0.39 is 11.9 Å². The number of benzene rings is 1. The number of aromatic nitrogens is 2. The minimum Gasteiger partial charge on any atom is -0.465 e. The Labute approximate surface area is 140 Å². The number of hydrogen-bond donors (Lipinski definition) is 1. The Morgan fingerprint density at radius 2 is 1.92 bits per heavy atom. The predicted molar refractivity (Wildman–Crippen MR) is 91.3 cm³/mol. The summed E-state index contributed by atoms with van der Waals surface area (Å²) in [6, 6.07) is 6.50. The molecule has 2 rings (SSSR count). The fraction of sp³-hybridized carbons (Fsp3) is 0.294. The predicted octanol–water partition coefficient (Wildman–Crippen LogP) is 2.36. The summed E-state index contributed by atoms with van der Waals surface area (Å²) < 4.78 is 4.66. The van der Waals surface area contributed by atoms with Crippen molar-refractivity contribution >= 4 is 23.4 Å². The van der Waals surface area contributed by atoms with Crippen LogP contribution in [0.15, 0.2) is 36.7 Å². The third kappa shape index (κ3) is 4.07. The van der Waals surface area contributed by atoms with Gasteiger partial charge in [0.25, 0.3) is 5.91 Å². The highest BCUT2D eigenvalue weighted by molar-refractivity contribution is 6.03. The van der Waals surface area contributed by atoms with Gasteiger partial charge in [-0.25, -0.2) is 14.8 Å². The van der Waals surface area contributed by atoms with Gasteiger partial charge in [0.2, 0.25) is 0 Å². The molecule has 0 bridgehead atoms. The van der Waals surface area contributed by atoms with Crippen LogP contribution in [0.2, 0.25) is 0 Å². The van der Waals surface area contributed by atoms with Crippen LogP contribution in [-0.4, -0.2) is 42.0 Å². The van der Waals surface area contributed by atoms with Crippen LogP contribution in [0.1, 0.15) is 34.7 Å². The molecule has 0 saturated heterocycles. The maximum absolute atomic E-state index is 12.2. The molecule has 1 aromatic heterocycles. The number of nitrogens with one attached hydrogen (secondary N) is 1. The Morgan fingerprint density at radius 1 is 1.17 bits per heavy atom. The average Bonchev–Trinajstić information content (AvgIpc) is 2.62. The summed E-state index contributed by atoms with van der Waals surface area (Å²) in [5, 5.41) is 2.69. The van der Waals surface area contributed by atoms with Gasteiger partial charge < -0.3 is 15.0 Å². The lowest BCUT2D eigenvalue weighted by molar-refractivity contribution is 0.0600. The molecule has 0 fully saturated rings. The average molecular weight is 328 g/mol. The number of anilines is 2. The molecule has 7 nitrogen and oxygen atoms in total. The van der Waals surface area contributed by atoms with Gasteiger partial charge in [-0.15, -0.1) is 0 Å². The number of carbonyl (C=O) groups is 2. The van der Waals surface area contributed by atoms with Gasteiger partial charge in [0.1, 0.15) is 11.5 Å². The fourth-order valence-corrected chi connectivity index (χ4v) is 2.19. The molecule has 1 N–H and O–H groups in total. The molecule has 2 aromatic rings. The molecule has 126 valence electrons. The van der Waals surface area contributed by atoms with Gasteiger partial charge in [-0.1, -0.05) is 6.07 Å². The van der Waals surface area contributed by atoms with Crippen LogP contribution in [-0.2, 0) is 4.74 Å². The van der Waals surface area contributed by atoms with Crippen molar-refractivity contribution in [1.29, 1.82) is 0 Å². The van der Waals surface area contributed by atoms with E-state index in [9.17, 15) is 9.59 Å². The Hall–Kier alpha value is -2.96. The second-order valence-corrected chi connectivity index (χ2v) is 4.96. The number of nitrogens with zero attached hydrogens (tertiary/aromatic N) is 3. The van der Waals surface area contributed by atoms with E-state index in [1.54, 1.807) is 30.5 Å². The Kier molecular flexibility index (Phi) is 5.83. The van der Waals surface area contributed by atoms with Gasteiger partial charge in [-0.2, -0.15) is 0 Å². The lowest BCUT2D eigenvalue weighted by Gasteiger charge is -2.18. The Bertz CT molecular complexity index is 712. The summed E-state index contributed by atoms with van der Waals surface area (Å²) in [4.78, 5) is 34.2. The third-order valence-corrected chi connectivity index (χ3v) is 3.50. The molecule has 0 unspecified atom stereocenters. The SMILES string of the molecule is CCN(CC)c1cnc(C(=O)Nc2cccc(C(=O)OC)c2)cn1. The highest BCUT2D eigenvalue weighted by Crippen LogP contribution is 2.13. The van der Waals surface area contributed by atoms with Crippen LogP contribution in [0.25, 0.3) is 0 Å². The van der Waals surface area contributed by atoms with E-state index in [2.05, 4.69) is 20.0 Å². The summed E-state index contributed by atoms with van der Waals surface area (Å²) in [6.45, 7) is 5.69. The van der Waals surface area contributed by atoms with Gasteiger partial charge in [-0.3, -0.25) is 4.79 Å². The van der Waals surface area contributed by atoms with Gasteiger partial charge in [0.05, 0.1) is 25.1 Å². The van der Waals surface area contributed by atoms with Gasteiger partial charge in [0, 0.05) is 18.8 Å². The van der Waals surface area contributed by atoms with Crippen LogP contribution in [0.4, 0.5) is 11.5 Å². The second kappa shape index (κ2) is 8.05. The zero-order valence-corrected chi connectivity index (χ0v) is 13.9. The minimum absolute atomic E-state index is 0.203. The topological polar surface area (TPSA) is 84.4 Å². The molecule has 0 atom stereocenters. The lowest BCUT2D eigenvalue weighted by atomic mass is 10.2. The summed E-state index contributed by atoms with van der Waals surface area (Å²) in [6.07, 6.45) is 3.01. The van der Waals surface area contributed by atoms with Crippen LogP contribution in [0, 0.1) is 0 Å². The Balaban J connectivity index is 2.11. The molecule has 24 heavy (non-hydrogen) atoms. The first kappa shape index (κ1) is 17.4. The van der Waals surface area contributed by atoms with Crippen molar-refractivity contribution in [2.45, 2.75) is 13.8 Å². The number of hydrogen-bond acceptors (Lipinski definition) is 6. The number of rotatable bonds is 6. The smallest absolute Gasteiger partial charge is 0.337 e. The minimum atomic E-state index is -0.463. The van der Waals surface area contributed by atoms with Crippen molar-refractivity contribution in [2.24, 2.45) is 0 Å². The normalized spacial score (nSPS) is 10.1. The van der Waals surface area contributed by atoms with Crippen molar-refractivity contribution in [3.63, 3.8) is 0 Å². The van der Waals surface area contributed by atoms with Crippen LogP contribution < -0.4 is 10.2 Å². The van der Waals surface area contributed by atoms with Gasteiger partial charge in [0.15, 0.2) is 0 Å². The molecule has 0 aliphatic carbocycles. The number of esters is 1. The fourth-order valence-electron chi connectivity index (χ4n) is 2.19. The molecule has 7 heteroatoms. The van der Waals surface area contributed by atoms with Crippen LogP contribution >= 0.6 is 0 Å². The van der Waals surface area contributed by atoms with E-state index in [4.69, 9.17) is 0 Å². The first-order chi connectivity index (χ1) is 11.6. The van der Waals surface area contributed by atoms with Crippen molar-refractivity contribution in [3.8, 4) is 0 Å². The molecule has 0 radical (unpaired) electrons. The molecule has 1 aromatic carbocycles. The van der Waals surface area contributed by atoms with Crippen molar-refractivity contribution < 1.29 is 14.3 Å². The quantitative estimate of drug-likeness (QED) is 0.820. The number of carbonyl (C=O) groups excluding carboxylic acids is 2. The summed E-state index contributed by atoms with van der Waals surface area (Å²) >= 11 is 0. The highest BCUT2D eigenvalue weighted by Gasteiger charge is 2.12. The summed E-state index contributed by atoms with van der Waals surface area (Å²) in [5.74, 6) is -0.130. The molecule has 0 aliphatic rings. The molecular formula is C17H20N4O3. The van der Waals surface area contributed by atoms with Crippen LogP contribution in [0.5, 0.6) is 0 Å². The van der Waals surface area contributed by atoms with E-state index >= 15 is 0 Å². The zero-order valence-electron chi connectivity index (χ0n) is 13.9. The summed E-state index contributed by atoms with van der Waals surface area (Å²) in [7, 11) is 1.31. The summed E-state index contributed by atoms with van der Waals surface area (Å²) in [5.41, 5.74) is 1.05. The van der Waals surface area contributed by atoms with Crippen molar-refractivity contribution in [1.82, 2.24) is 9.97 Å². The van der Waals surface area contributed by atoms with E-state index in [1.807, 2.05) is 18.7 Å². The molecule has 0 aliphatic heterocycles. The maximum Gasteiger partial charge on any atom is 0.337 e. The first-order valence-corrected chi connectivity index (χ1v) is 7.65. The zero-order chi connectivity index (χ0) is 17.5. The van der Waals surface area contributed by atoms with Crippen molar-refractivity contribution in [2.75, 3.05) is 30.4 Å². The molecule has 0 spiro atoms. The van der Waals surface area contributed by atoms with Crippen LogP contribution in [0.3, 0.4) is 0 Å². The highest BCUT2D eigenvalue weighted by atomic mass is 16.5. The van der Waals surface area contributed by atoms with Gasteiger partial charge >= 0.3 is 5.97 Å². The molecule has 1 heterocycles. The monoisotopic (exact) mass is 328 g/mol. The largest absolute Gasteiger partial charge is 0.465 e.